The van der Waals surface area contributed by atoms with E-state index >= 15 is 0 Å². The first-order chi connectivity index (χ1) is 14.6. The normalized spacial score (nSPS) is 13.4. The van der Waals surface area contributed by atoms with Gasteiger partial charge in [0, 0.05) is 50.4 Å². The third-order valence-corrected chi connectivity index (χ3v) is 5.60. The molecular weight excluding hydrogens is 380 g/mol. The third-order valence-electron chi connectivity index (χ3n) is 5.60. The van der Waals surface area contributed by atoms with Gasteiger partial charge >= 0.3 is 0 Å². The Bertz CT molecular complexity index is 1090. The number of nitrogens with zero attached hydrogens (tertiary/aromatic N) is 2. The molecular formula is C24H26N2O4. The Balaban J connectivity index is 1.72. The first-order valence-electron chi connectivity index (χ1n) is 10.0. The summed E-state index contributed by atoms with van der Waals surface area (Å²) >= 11 is 0. The molecule has 0 N–H and O–H groups in total. The van der Waals surface area contributed by atoms with Crippen molar-refractivity contribution in [3.05, 3.63) is 70.1 Å². The molecule has 0 radical (unpaired) electrons. The van der Waals surface area contributed by atoms with E-state index in [1.54, 1.807) is 32.7 Å². The second-order valence-electron chi connectivity index (χ2n) is 7.45. The number of fused-ring (bicyclic) bond motifs is 3. The molecule has 6 nitrogen and oxygen atoms in total. The van der Waals surface area contributed by atoms with Crippen molar-refractivity contribution in [3.63, 3.8) is 0 Å². The van der Waals surface area contributed by atoms with Gasteiger partial charge in [-0.15, -0.1) is 0 Å². The van der Waals surface area contributed by atoms with Crippen molar-refractivity contribution in [2.45, 2.75) is 26.0 Å². The standard InChI is InChI=1S/C24H26N2O4/c1-16-22(27)13-23(30-15-20(29-3)14-28-2)26-11-8-19-12-18(4-5-21(19)24(16)26)17-6-9-25-10-7-17/h4-7,9-10,12-13,20H,8,11,14-15H2,1-3H3/t20-/m0/s1. The molecule has 156 valence electrons. The lowest BCUT2D eigenvalue weighted by Gasteiger charge is -2.27. The molecule has 4 rings (SSSR count). The minimum Gasteiger partial charge on any atom is -0.476 e. The molecule has 3 aromatic rings. The average Bonchev–Trinajstić information content (AvgIpc) is 2.79. The van der Waals surface area contributed by atoms with Gasteiger partial charge in [0.15, 0.2) is 11.3 Å². The minimum absolute atomic E-state index is 0.0250. The number of pyridine rings is 2. The second-order valence-corrected chi connectivity index (χ2v) is 7.45. The van der Waals surface area contributed by atoms with Crippen LogP contribution in [0.2, 0.25) is 0 Å². The summed E-state index contributed by atoms with van der Waals surface area (Å²) in [6.45, 7) is 3.38. The van der Waals surface area contributed by atoms with Gasteiger partial charge in [-0.05, 0) is 42.2 Å². The van der Waals surface area contributed by atoms with Crippen molar-refractivity contribution >= 4 is 0 Å². The Morgan fingerprint density at radius 1 is 1.07 bits per heavy atom. The van der Waals surface area contributed by atoms with E-state index in [1.165, 1.54) is 5.56 Å². The number of aryl methyl sites for hydroxylation is 1. The fraction of sp³-hybridized carbons (Fsp3) is 0.333. The van der Waals surface area contributed by atoms with E-state index in [4.69, 9.17) is 14.2 Å². The summed E-state index contributed by atoms with van der Waals surface area (Å²) in [7, 11) is 3.25. The summed E-state index contributed by atoms with van der Waals surface area (Å²) in [4.78, 5) is 16.8. The zero-order valence-corrected chi connectivity index (χ0v) is 17.6. The van der Waals surface area contributed by atoms with E-state index in [0.717, 1.165) is 40.9 Å². The maximum absolute atomic E-state index is 12.7. The lowest BCUT2D eigenvalue weighted by atomic mass is 9.91. The molecule has 0 saturated heterocycles. The lowest BCUT2D eigenvalue weighted by Crippen LogP contribution is -2.28. The molecule has 0 amide bonds. The summed E-state index contributed by atoms with van der Waals surface area (Å²) < 4.78 is 18.6. The van der Waals surface area contributed by atoms with Crippen molar-refractivity contribution in [3.8, 4) is 28.3 Å². The van der Waals surface area contributed by atoms with Gasteiger partial charge in [0.2, 0.25) is 0 Å². The molecule has 1 atom stereocenters. The van der Waals surface area contributed by atoms with E-state index in [0.29, 0.717) is 19.1 Å². The van der Waals surface area contributed by atoms with Gasteiger partial charge in [-0.3, -0.25) is 9.78 Å². The van der Waals surface area contributed by atoms with Gasteiger partial charge in [-0.1, -0.05) is 18.2 Å². The molecule has 6 heteroatoms. The monoisotopic (exact) mass is 406 g/mol. The summed E-state index contributed by atoms with van der Waals surface area (Å²) in [6, 6.07) is 12.0. The first-order valence-corrected chi connectivity index (χ1v) is 10.0. The van der Waals surface area contributed by atoms with Crippen molar-refractivity contribution < 1.29 is 14.2 Å². The fourth-order valence-corrected chi connectivity index (χ4v) is 3.95. The zero-order chi connectivity index (χ0) is 21.1. The Hall–Kier alpha value is -2.96. The smallest absolute Gasteiger partial charge is 0.197 e. The van der Waals surface area contributed by atoms with Gasteiger partial charge in [0.05, 0.1) is 12.3 Å². The Morgan fingerprint density at radius 3 is 2.60 bits per heavy atom. The number of hydrogen-bond donors (Lipinski definition) is 0. The molecule has 2 aromatic heterocycles. The van der Waals surface area contributed by atoms with E-state index in [-0.39, 0.29) is 11.5 Å². The lowest BCUT2D eigenvalue weighted by molar-refractivity contribution is -0.000948. The van der Waals surface area contributed by atoms with Crippen LogP contribution in [0.4, 0.5) is 0 Å². The number of methoxy groups -OCH3 is 2. The Labute approximate surface area is 176 Å². The van der Waals surface area contributed by atoms with Gasteiger partial charge in [0.1, 0.15) is 12.7 Å². The number of ether oxygens (including phenoxy) is 3. The van der Waals surface area contributed by atoms with Crippen LogP contribution in [0.25, 0.3) is 22.4 Å². The van der Waals surface area contributed by atoms with E-state index in [9.17, 15) is 4.79 Å². The van der Waals surface area contributed by atoms with Crippen LogP contribution >= 0.6 is 0 Å². The molecule has 0 fully saturated rings. The van der Waals surface area contributed by atoms with Crippen LogP contribution < -0.4 is 10.2 Å². The predicted molar refractivity (Wildman–Crippen MR) is 116 cm³/mol. The number of hydrogen-bond acceptors (Lipinski definition) is 5. The van der Waals surface area contributed by atoms with E-state index in [1.807, 2.05) is 19.1 Å². The second kappa shape index (κ2) is 8.81. The van der Waals surface area contributed by atoms with Crippen LogP contribution in [0.1, 0.15) is 11.1 Å². The van der Waals surface area contributed by atoms with E-state index in [2.05, 4.69) is 27.8 Å². The fourth-order valence-electron chi connectivity index (χ4n) is 3.95. The van der Waals surface area contributed by atoms with E-state index < -0.39 is 0 Å². The van der Waals surface area contributed by atoms with Gasteiger partial charge in [-0.25, -0.2) is 0 Å². The maximum Gasteiger partial charge on any atom is 0.197 e. The third kappa shape index (κ3) is 3.88. The zero-order valence-electron chi connectivity index (χ0n) is 17.6. The molecule has 0 saturated carbocycles. The molecule has 1 aromatic carbocycles. The van der Waals surface area contributed by atoms with Crippen molar-refractivity contribution in [2.75, 3.05) is 27.4 Å². The molecule has 1 aliphatic heterocycles. The Kier molecular flexibility index (Phi) is 5.97. The number of benzene rings is 1. The highest BCUT2D eigenvalue weighted by Gasteiger charge is 2.23. The van der Waals surface area contributed by atoms with Crippen LogP contribution in [0, 0.1) is 6.92 Å². The van der Waals surface area contributed by atoms with Crippen LogP contribution in [0.5, 0.6) is 5.88 Å². The number of aromatic nitrogens is 2. The topological polar surface area (TPSA) is 62.6 Å². The largest absolute Gasteiger partial charge is 0.476 e. The molecule has 1 aliphatic rings. The summed E-state index contributed by atoms with van der Waals surface area (Å²) in [5.41, 5.74) is 6.24. The SMILES string of the molecule is COC[C@@H](COc1cc(=O)c(C)c2n1CCc1cc(-c3ccncc3)ccc1-2)OC. The molecule has 0 spiro atoms. The van der Waals surface area contributed by atoms with Crippen LogP contribution in [-0.4, -0.2) is 43.1 Å². The average molecular weight is 406 g/mol. The highest BCUT2D eigenvalue weighted by Crippen LogP contribution is 2.36. The molecule has 0 bridgehead atoms. The quantitative estimate of drug-likeness (QED) is 0.601. The first kappa shape index (κ1) is 20.3. The molecule has 0 unspecified atom stereocenters. The van der Waals surface area contributed by atoms with Crippen molar-refractivity contribution in [2.24, 2.45) is 0 Å². The minimum atomic E-state index is -0.193. The predicted octanol–water partition coefficient (Wildman–Crippen LogP) is 3.48. The summed E-state index contributed by atoms with van der Waals surface area (Å²) in [5, 5.41) is 0. The maximum atomic E-state index is 12.7. The van der Waals surface area contributed by atoms with Gasteiger partial charge in [-0.2, -0.15) is 0 Å². The summed E-state index contributed by atoms with van der Waals surface area (Å²) in [5.74, 6) is 0.572. The van der Waals surface area contributed by atoms with Crippen LogP contribution in [-0.2, 0) is 22.4 Å². The highest BCUT2D eigenvalue weighted by atomic mass is 16.6. The Morgan fingerprint density at radius 2 is 1.87 bits per heavy atom. The van der Waals surface area contributed by atoms with Crippen molar-refractivity contribution in [1.29, 1.82) is 0 Å². The van der Waals surface area contributed by atoms with Crippen LogP contribution in [0.15, 0.2) is 53.6 Å². The van der Waals surface area contributed by atoms with Gasteiger partial charge in [0.25, 0.3) is 0 Å². The summed E-state index contributed by atoms with van der Waals surface area (Å²) in [6.07, 6.45) is 4.27. The molecule has 30 heavy (non-hydrogen) atoms. The molecule has 0 aliphatic carbocycles. The van der Waals surface area contributed by atoms with Crippen LogP contribution in [0.3, 0.4) is 0 Å². The van der Waals surface area contributed by atoms with Crippen molar-refractivity contribution in [1.82, 2.24) is 9.55 Å². The number of rotatable bonds is 7. The molecule has 3 heterocycles. The highest BCUT2D eigenvalue weighted by molar-refractivity contribution is 5.75. The van der Waals surface area contributed by atoms with Gasteiger partial charge < -0.3 is 18.8 Å².